The number of alkyl halides is 3. The van der Waals surface area contributed by atoms with Crippen molar-refractivity contribution < 1.29 is 46.6 Å². The number of hydrazine groups is 1. The highest BCUT2D eigenvalue weighted by Gasteiger charge is 2.37. The first-order chi connectivity index (χ1) is 17.0. The summed E-state index contributed by atoms with van der Waals surface area (Å²) in [5.74, 6) is -3.38. The fourth-order valence-corrected chi connectivity index (χ4v) is 3.42. The molecule has 1 fully saturated rings. The first-order valence-corrected chi connectivity index (χ1v) is 10.5. The zero-order valence-electron chi connectivity index (χ0n) is 19.2. The summed E-state index contributed by atoms with van der Waals surface area (Å²) in [6.45, 7) is -1.07. The van der Waals surface area contributed by atoms with E-state index in [4.69, 9.17) is 14.2 Å². The summed E-state index contributed by atoms with van der Waals surface area (Å²) in [6.07, 6.45) is -4.97. The summed E-state index contributed by atoms with van der Waals surface area (Å²) in [5, 5.41) is 3.00. The van der Waals surface area contributed by atoms with E-state index in [1.165, 1.54) is 44.6 Å². The van der Waals surface area contributed by atoms with Crippen molar-refractivity contribution in [2.75, 3.05) is 32.7 Å². The molecule has 192 valence electrons. The second kappa shape index (κ2) is 11.0. The number of hydrogen-bond acceptors (Lipinski definition) is 7. The standard InChI is InChI=1S/C23H22F3N3O7/c1-34-17-8-7-13(9-18(17)35-2)21(32)28-29-11-14(10-20(29)31)22(33)36-12-19(30)27-16-6-4-3-5-15(16)23(24,25)26/h3-9,14H,10-12H2,1-2H3,(H,27,30)(H,28,32)/t14-/m0/s1. The van der Waals surface area contributed by atoms with E-state index in [9.17, 15) is 32.3 Å². The van der Waals surface area contributed by atoms with Crippen LogP contribution in [0.1, 0.15) is 22.3 Å². The molecule has 3 rings (SSSR count). The van der Waals surface area contributed by atoms with Crippen molar-refractivity contribution in [2.24, 2.45) is 5.92 Å². The summed E-state index contributed by atoms with van der Waals surface area (Å²) < 4.78 is 54.3. The van der Waals surface area contributed by atoms with Crippen molar-refractivity contribution in [3.63, 3.8) is 0 Å². The molecule has 0 bridgehead atoms. The van der Waals surface area contributed by atoms with Gasteiger partial charge < -0.3 is 19.5 Å². The maximum Gasteiger partial charge on any atom is 0.418 e. The molecule has 0 radical (unpaired) electrons. The molecule has 1 aliphatic heterocycles. The maximum absolute atomic E-state index is 13.0. The largest absolute Gasteiger partial charge is 0.493 e. The molecular weight excluding hydrogens is 487 g/mol. The van der Waals surface area contributed by atoms with Gasteiger partial charge in [0.2, 0.25) is 5.91 Å². The number of rotatable bonds is 8. The van der Waals surface area contributed by atoms with E-state index in [1.54, 1.807) is 0 Å². The minimum Gasteiger partial charge on any atom is -0.493 e. The molecule has 2 N–H and O–H groups in total. The van der Waals surface area contributed by atoms with Gasteiger partial charge in [-0.15, -0.1) is 0 Å². The second-order valence-corrected chi connectivity index (χ2v) is 7.62. The van der Waals surface area contributed by atoms with Crippen molar-refractivity contribution in [1.82, 2.24) is 10.4 Å². The van der Waals surface area contributed by atoms with Crippen LogP contribution in [0.3, 0.4) is 0 Å². The quantitative estimate of drug-likeness (QED) is 0.524. The lowest BCUT2D eigenvalue weighted by Gasteiger charge is -2.18. The molecule has 1 saturated heterocycles. The number of hydrogen-bond donors (Lipinski definition) is 2. The number of anilines is 1. The first kappa shape index (κ1) is 26.3. The second-order valence-electron chi connectivity index (χ2n) is 7.62. The Morgan fingerprint density at radius 2 is 1.75 bits per heavy atom. The fourth-order valence-electron chi connectivity index (χ4n) is 3.42. The Labute approximate surface area is 203 Å². The van der Waals surface area contributed by atoms with E-state index < -0.39 is 53.6 Å². The van der Waals surface area contributed by atoms with Crippen molar-refractivity contribution in [2.45, 2.75) is 12.6 Å². The van der Waals surface area contributed by atoms with Gasteiger partial charge in [-0.25, -0.2) is 0 Å². The smallest absolute Gasteiger partial charge is 0.418 e. The van der Waals surface area contributed by atoms with Crippen LogP contribution in [0.5, 0.6) is 11.5 Å². The molecule has 0 aliphatic carbocycles. The molecule has 0 aromatic heterocycles. The number of carbonyl (C=O) groups excluding carboxylic acids is 4. The van der Waals surface area contributed by atoms with Gasteiger partial charge in [0.15, 0.2) is 18.1 Å². The lowest BCUT2D eigenvalue weighted by atomic mass is 10.1. The Morgan fingerprint density at radius 3 is 2.42 bits per heavy atom. The van der Waals surface area contributed by atoms with E-state index in [0.29, 0.717) is 11.5 Å². The van der Waals surface area contributed by atoms with Crippen molar-refractivity contribution >= 4 is 29.4 Å². The Balaban J connectivity index is 1.53. The Morgan fingerprint density at radius 1 is 1.06 bits per heavy atom. The van der Waals surface area contributed by atoms with Gasteiger partial charge in [0, 0.05) is 12.0 Å². The number of esters is 1. The van der Waals surface area contributed by atoms with Crippen molar-refractivity contribution in [3.8, 4) is 11.5 Å². The van der Waals surface area contributed by atoms with Crippen molar-refractivity contribution in [1.29, 1.82) is 0 Å². The van der Waals surface area contributed by atoms with Crippen LogP contribution in [-0.2, 0) is 25.3 Å². The number of para-hydroxylation sites is 1. The number of methoxy groups -OCH3 is 2. The number of carbonyl (C=O) groups is 4. The molecule has 10 nitrogen and oxygen atoms in total. The van der Waals surface area contributed by atoms with E-state index in [0.717, 1.165) is 17.1 Å². The minimum atomic E-state index is -4.68. The number of amides is 3. The van der Waals surface area contributed by atoms with E-state index in [-0.39, 0.29) is 18.5 Å². The Bertz CT molecular complexity index is 1170. The summed E-state index contributed by atoms with van der Waals surface area (Å²) in [6, 6.07) is 8.73. The third-order valence-corrected chi connectivity index (χ3v) is 5.19. The van der Waals surface area contributed by atoms with Crippen LogP contribution in [0.4, 0.5) is 18.9 Å². The SMILES string of the molecule is COc1ccc(C(=O)NN2C[C@@H](C(=O)OCC(=O)Nc3ccccc3C(F)(F)F)CC2=O)cc1OC. The van der Waals surface area contributed by atoms with Crippen LogP contribution in [0, 0.1) is 5.92 Å². The van der Waals surface area contributed by atoms with Crippen LogP contribution < -0.4 is 20.2 Å². The molecule has 1 atom stereocenters. The highest BCUT2D eigenvalue weighted by molar-refractivity contribution is 5.97. The topological polar surface area (TPSA) is 123 Å². The van der Waals surface area contributed by atoms with E-state index >= 15 is 0 Å². The molecule has 1 heterocycles. The molecule has 0 spiro atoms. The van der Waals surface area contributed by atoms with Crippen LogP contribution in [-0.4, -0.2) is 56.1 Å². The van der Waals surface area contributed by atoms with Crippen molar-refractivity contribution in [3.05, 3.63) is 53.6 Å². The molecule has 13 heteroatoms. The molecule has 0 unspecified atom stereocenters. The zero-order valence-corrected chi connectivity index (χ0v) is 19.2. The molecule has 2 aromatic rings. The van der Waals surface area contributed by atoms with Gasteiger partial charge >= 0.3 is 12.1 Å². The van der Waals surface area contributed by atoms with Gasteiger partial charge in [-0.2, -0.15) is 13.2 Å². The normalized spacial score (nSPS) is 15.3. The molecule has 2 aromatic carbocycles. The van der Waals surface area contributed by atoms with Gasteiger partial charge in [0.05, 0.1) is 37.9 Å². The zero-order chi connectivity index (χ0) is 26.5. The fraction of sp³-hybridized carbons (Fsp3) is 0.304. The molecule has 0 saturated carbocycles. The minimum absolute atomic E-state index is 0.169. The average molecular weight is 509 g/mol. The molecular formula is C23H22F3N3O7. The van der Waals surface area contributed by atoms with Crippen LogP contribution in [0.25, 0.3) is 0 Å². The third-order valence-electron chi connectivity index (χ3n) is 5.19. The van der Waals surface area contributed by atoms with Gasteiger partial charge in [-0.05, 0) is 30.3 Å². The number of ether oxygens (including phenoxy) is 3. The van der Waals surface area contributed by atoms with E-state index in [1.807, 2.05) is 0 Å². The maximum atomic E-state index is 13.0. The highest BCUT2D eigenvalue weighted by Crippen LogP contribution is 2.34. The molecule has 3 amide bonds. The summed E-state index contributed by atoms with van der Waals surface area (Å²) in [4.78, 5) is 49.1. The number of benzene rings is 2. The summed E-state index contributed by atoms with van der Waals surface area (Å²) >= 11 is 0. The summed E-state index contributed by atoms with van der Waals surface area (Å²) in [5.41, 5.74) is 1.03. The van der Waals surface area contributed by atoms with Gasteiger partial charge in [-0.3, -0.25) is 29.6 Å². The van der Waals surface area contributed by atoms with Gasteiger partial charge in [-0.1, -0.05) is 12.1 Å². The molecule has 1 aliphatic rings. The van der Waals surface area contributed by atoms with Crippen LogP contribution >= 0.6 is 0 Å². The number of nitrogens with one attached hydrogen (secondary N) is 2. The number of halogens is 3. The van der Waals surface area contributed by atoms with Crippen LogP contribution in [0.2, 0.25) is 0 Å². The predicted octanol–water partition coefficient (Wildman–Crippen LogP) is 2.40. The van der Waals surface area contributed by atoms with E-state index in [2.05, 4.69) is 10.7 Å². The average Bonchev–Trinajstić information content (AvgIpc) is 3.21. The Hall–Kier alpha value is -4.29. The van der Waals surface area contributed by atoms with Gasteiger partial charge in [0.25, 0.3) is 11.8 Å². The lowest BCUT2D eigenvalue weighted by molar-refractivity contribution is -0.151. The first-order valence-electron chi connectivity index (χ1n) is 10.5. The third kappa shape index (κ3) is 6.23. The number of nitrogens with zero attached hydrogens (tertiary/aromatic N) is 1. The lowest BCUT2D eigenvalue weighted by Crippen LogP contribution is -2.43. The summed E-state index contributed by atoms with van der Waals surface area (Å²) in [7, 11) is 2.83. The van der Waals surface area contributed by atoms with Crippen LogP contribution in [0.15, 0.2) is 42.5 Å². The predicted molar refractivity (Wildman–Crippen MR) is 118 cm³/mol. The highest BCUT2D eigenvalue weighted by atomic mass is 19.4. The monoisotopic (exact) mass is 509 g/mol. The molecule has 36 heavy (non-hydrogen) atoms. The van der Waals surface area contributed by atoms with Gasteiger partial charge in [0.1, 0.15) is 0 Å². The Kier molecular flexibility index (Phi) is 8.02.